The third kappa shape index (κ3) is 3.73. The van der Waals surface area contributed by atoms with Gasteiger partial charge in [-0.15, -0.1) is 0 Å². The van der Waals surface area contributed by atoms with Gasteiger partial charge in [-0.2, -0.15) is 0 Å². The Balaban J connectivity index is 1.81. The van der Waals surface area contributed by atoms with E-state index in [0.29, 0.717) is 12.5 Å². The molecule has 0 saturated heterocycles. The Labute approximate surface area is 120 Å². The number of amides is 1. The minimum absolute atomic E-state index is 0.0191. The van der Waals surface area contributed by atoms with Crippen LogP contribution in [0.1, 0.15) is 38.2 Å². The van der Waals surface area contributed by atoms with Gasteiger partial charge < -0.3 is 15.2 Å². The van der Waals surface area contributed by atoms with Crippen LogP contribution in [0.5, 0.6) is 5.75 Å². The highest BCUT2D eigenvalue weighted by molar-refractivity contribution is 5.77. The number of hydrogen-bond acceptors (Lipinski definition) is 3. The second kappa shape index (κ2) is 6.27. The van der Waals surface area contributed by atoms with Crippen LogP contribution in [0.4, 0.5) is 0 Å². The number of aliphatic hydroxyl groups is 1. The van der Waals surface area contributed by atoms with Gasteiger partial charge in [0.25, 0.3) is 5.91 Å². The van der Waals surface area contributed by atoms with Gasteiger partial charge in [0.15, 0.2) is 6.61 Å². The van der Waals surface area contributed by atoms with E-state index in [1.165, 1.54) is 0 Å². The van der Waals surface area contributed by atoms with Gasteiger partial charge in [-0.05, 0) is 30.4 Å². The van der Waals surface area contributed by atoms with Crippen molar-refractivity contribution in [3.63, 3.8) is 0 Å². The van der Waals surface area contributed by atoms with E-state index in [2.05, 4.69) is 19.2 Å². The van der Waals surface area contributed by atoms with Crippen LogP contribution in [0.15, 0.2) is 24.3 Å². The summed E-state index contributed by atoms with van der Waals surface area (Å²) in [4.78, 5) is 11.8. The van der Waals surface area contributed by atoms with Crippen molar-refractivity contribution in [1.29, 1.82) is 0 Å². The first kappa shape index (κ1) is 14.9. The monoisotopic (exact) mass is 277 g/mol. The van der Waals surface area contributed by atoms with Crippen molar-refractivity contribution in [2.75, 3.05) is 19.8 Å². The van der Waals surface area contributed by atoms with E-state index in [4.69, 9.17) is 4.74 Å². The maximum Gasteiger partial charge on any atom is 0.257 e. The molecule has 0 spiro atoms. The fourth-order valence-corrected chi connectivity index (χ4v) is 2.14. The number of carbonyl (C=O) groups excluding carboxylic acids is 1. The van der Waals surface area contributed by atoms with Crippen molar-refractivity contribution in [3.8, 4) is 5.75 Å². The molecule has 0 heterocycles. The van der Waals surface area contributed by atoms with Crippen molar-refractivity contribution in [3.05, 3.63) is 29.8 Å². The maximum atomic E-state index is 11.8. The van der Waals surface area contributed by atoms with Crippen LogP contribution in [0, 0.1) is 5.41 Å². The SMILES string of the molecule is CC(C)c1ccccc1OCC(=O)NCC1(CO)CC1. The van der Waals surface area contributed by atoms with Gasteiger partial charge in [0.1, 0.15) is 5.75 Å². The zero-order valence-electron chi connectivity index (χ0n) is 12.2. The van der Waals surface area contributed by atoms with E-state index in [1.54, 1.807) is 0 Å². The van der Waals surface area contributed by atoms with E-state index in [0.717, 1.165) is 24.2 Å². The number of hydrogen-bond donors (Lipinski definition) is 2. The molecule has 2 N–H and O–H groups in total. The molecule has 1 saturated carbocycles. The van der Waals surface area contributed by atoms with Crippen molar-refractivity contribution in [2.24, 2.45) is 5.41 Å². The summed E-state index contributed by atoms with van der Waals surface area (Å²) in [5.74, 6) is 0.989. The second-order valence-electron chi connectivity index (χ2n) is 5.92. The fourth-order valence-electron chi connectivity index (χ4n) is 2.14. The molecule has 0 aromatic heterocycles. The van der Waals surface area contributed by atoms with Crippen LogP contribution < -0.4 is 10.1 Å². The molecule has 4 nitrogen and oxygen atoms in total. The predicted molar refractivity (Wildman–Crippen MR) is 77.8 cm³/mol. The van der Waals surface area contributed by atoms with Crippen LogP contribution >= 0.6 is 0 Å². The van der Waals surface area contributed by atoms with Crippen molar-refractivity contribution in [2.45, 2.75) is 32.6 Å². The van der Waals surface area contributed by atoms with Crippen LogP contribution in [0.25, 0.3) is 0 Å². The van der Waals surface area contributed by atoms with Gasteiger partial charge in [0, 0.05) is 12.0 Å². The number of rotatable bonds is 7. The van der Waals surface area contributed by atoms with Gasteiger partial charge in [-0.25, -0.2) is 0 Å². The summed E-state index contributed by atoms with van der Waals surface area (Å²) in [7, 11) is 0. The van der Waals surface area contributed by atoms with Crippen LogP contribution in [-0.2, 0) is 4.79 Å². The molecule has 1 amide bonds. The van der Waals surface area contributed by atoms with E-state index in [-0.39, 0.29) is 24.5 Å². The molecule has 0 bridgehead atoms. The highest BCUT2D eigenvalue weighted by Gasteiger charge is 2.42. The van der Waals surface area contributed by atoms with Crippen LogP contribution in [0.2, 0.25) is 0 Å². The maximum absolute atomic E-state index is 11.8. The molecule has 0 radical (unpaired) electrons. The number of aliphatic hydroxyl groups excluding tert-OH is 1. The molecule has 20 heavy (non-hydrogen) atoms. The number of ether oxygens (including phenoxy) is 1. The van der Waals surface area contributed by atoms with E-state index < -0.39 is 0 Å². The molecule has 2 rings (SSSR count). The standard InChI is InChI=1S/C16H23NO3/c1-12(2)13-5-3-4-6-14(13)20-9-15(19)17-10-16(11-18)7-8-16/h3-6,12,18H,7-11H2,1-2H3,(H,17,19). The van der Waals surface area contributed by atoms with Crippen LogP contribution in [-0.4, -0.2) is 30.8 Å². The first-order valence-corrected chi connectivity index (χ1v) is 7.16. The number of benzene rings is 1. The Kier molecular flexibility index (Phi) is 4.65. The fraction of sp³-hybridized carbons (Fsp3) is 0.562. The average Bonchev–Trinajstić information content (AvgIpc) is 3.24. The lowest BCUT2D eigenvalue weighted by atomic mass is 10.0. The summed E-state index contributed by atoms with van der Waals surface area (Å²) in [5, 5.41) is 12.0. The Morgan fingerprint density at radius 1 is 1.40 bits per heavy atom. The van der Waals surface area contributed by atoms with Gasteiger partial charge in [0.05, 0.1) is 6.61 Å². The smallest absolute Gasteiger partial charge is 0.257 e. The normalized spacial score (nSPS) is 16.0. The molecule has 1 fully saturated rings. The van der Waals surface area contributed by atoms with Crippen molar-refractivity contribution in [1.82, 2.24) is 5.32 Å². The molecular formula is C16H23NO3. The summed E-state index contributed by atoms with van der Waals surface area (Å²) in [6.07, 6.45) is 1.97. The molecule has 1 aromatic carbocycles. The lowest BCUT2D eigenvalue weighted by molar-refractivity contribution is -0.123. The highest BCUT2D eigenvalue weighted by atomic mass is 16.5. The van der Waals surface area contributed by atoms with Gasteiger partial charge in [0.2, 0.25) is 0 Å². The Morgan fingerprint density at radius 2 is 2.10 bits per heavy atom. The predicted octanol–water partition coefficient (Wildman–Crippen LogP) is 2.08. The summed E-state index contributed by atoms with van der Waals surface area (Å²) in [6, 6.07) is 7.78. The zero-order valence-corrected chi connectivity index (χ0v) is 12.2. The van der Waals surface area contributed by atoms with E-state index >= 15 is 0 Å². The van der Waals surface area contributed by atoms with E-state index in [9.17, 15) is 9.90 Å². The molecule has 1 aliphatic carbocycles. The van der Waals surface area contributed by atoms with Crippen molar-refractivity contribution < 1.29 is 14.6 Å². The average molecular weight is 277 g/mol. The summed E-state index contributed by atoms with van der Waals surface area (Å²) < 4.78 is 5.60. The highest BCUT2D eigenvalue weighted by Crippen LogP contribution is 2.44. The van der Waals surface area contributed by atoms with Gasteiger partial charge in [-0.3, -0.25) is 4.79 Å². The second-order valence-corrected chi connectivity index (χ2v) is 5.92. The first-order valence-electron chi connectivity index (χ1n) is 7.16. The summed E-state index contributed by atoms with van der Waals surface area (Å²) >= 11 is 0. The lowest BCUT2D eigenvalue weighted by Crippen LogP contribution is -2.35. The van der Waals surface area contributed by atoms with E-state index in [1.807, 2.05) is 24.3 Å². The Hall–Kier alpha value is -1.55. The van der Waals surface area contributed by atoms with Crippen molar-refractivity contribution >= 4 is 5.91 Å². The van der Waals surface area contributed by atoms with Crippen LogP contribution in [0.3, 0.4) is 0 Å². The zero-order chi connectivity index (χ0) is 14.6. The molecule has 0 atom stereocenters. The summed E-state index contributed by atoms with van der Waals surface area (Å²) in [5.41, 5.74) is 1.04. The van der Waals surface area contributed by atoms with Gasteiger partial charge >= 0.3 is 0 Å². The summed E-state index contributed by atoms with van der Waals surface area (Å²) in [6.45, 7) is 4.90. The topological polar surface area (TPSA) is 58.6 Å². The third-order valence-corrected chi connectivity index (χ3v) is 3.85. The quantitative estimate of drug-likeness (QED) is 0.802. The molecule has 4 heteroatoms. The minimum atomic E-state index is -0.136. The largest absolute Gasteiger partial charge is 0.483 e. The molecule has 1 aromatic rings. The molecule has 0 aliphatic heterocycles. The molecular weight excluding hydrogens is 254 g/mol. The first-order chi connectivity index (χ1) is 9.56. The minimum Gasteiger partial charge on any atom is -0.483 e. The Bertz CT molecular complexity index is 467. The Morgan fingerprint density at radius 3 is 2.70 bits per heavy atom. The molecule has 1 aliphatic rings. The lowest BCUT2D eigenvalue weighted by Gasteiger charge is -2.15. The molecule has 110 valence electrons. The number of para-hydroxylation sites is 1. The molecule has 0 unspecified atom stereocenters. The number of nitrogens with one attached hydrogen (secondary N) is 1. The van der Waals surface area contributed by atoms with Gasteiger partial charge in [-0.1, -0.05) is 32.0 Å². The number of carbonyl (C=O) groups is 1. The third-order valence-electron chi connectivity index (χ3n) is 3.85.